The summed E-state index contributed by atoms with van der Waals surface area (Å²) in [5, 5.41) is 0. The number of quaternary nitrogens is 1. The monoisotopic (exact) mass is 325 g/mol. The van der Waals surface area contributed by atoms with Gasteiger partial charge in [0.1, 0.15) is 13.2 Å². The first-order valence-electron chi connectivity index (χ1n) is 7.27. The summed E-state index contributed by atoms with van der Waals surface area (Å²) in [5.41, 5.74) is 0. The van der Waals surface area contributed by atoms with E-state index in [0.29, 0.717) is 30.6 Å². The molecule has 7 nitrogen and oxygen atoms in total. The Balaban J connectivity index is 4.26. The van der Waals surface area contributed by atoms with Gasteiger partial charge < -0.3 is 13.8 Å². The number of carbonyl (C=O) groups excluding carboxylic acids is 1. The van der Waals surface area contributed by atoms with Crippen molar-refractivity contribution in [1.29, 1.82) is 0 Å². The van der Waals surface area contributed by atoms with Crippen molar-refractivity contribution in [3.63, 3.8) is 0 Å². The Hall–Kier alpha value is -0.700. The van der Waals surface area contributed by atoms with Crippen LogP contribution >= 0.6 is 0 Å². The first-order chi connectivity index (χ1) is 9.66. The smallest absolute Gasteiger partial charge is 0.308 e. The van der Waals surface area contributed by atoms with Crippen molar-refractivity contribution in [2.45, 2.75) is 34.1 Å². The van der Waals surface area contributed by atoms with E-state index in [1.54, 1.807) is 13.8 Å². The van der Waals surface area contributed by atoms with E-state index in [0.717, 1.165) is 13.1 Å². The van der Waals surface area contributed by atoms with Crippen LogP contribution in [-0.4, -0.2) is 62.8 Å². The first-order valence-corrected chi connectivity index (χ1v) is 8.61. The summed E-state index contributed by atoms with van der Waals surface area (Å²) in [4.78, 5) is 11.4. The Kier molecular flexibility index (Phi) is 9.03. The molecule has 0 aliphatic carbocycles. The van der Waals surface area contributed by atoms with Gasteiger partial charge in [-0.2, -0.15) is 0 Å². The number of ether oxygens (including phenoxy) is 1. The van der Waals surface area contributed by atoms with Crippen LogP contribution < -0.4 is 0 Å². The highest BCUT2D eigenvalue weighted by atomic mass is 32.3. The quantitative estimate of drug-likeness (QED) is 0.184. The van der Waals surface area contributed by atoms with Crippen LogP contribution in [0.2, 0.25) is 0 Å². The molecular weight excluding hydrogens is 298 g/mol. The predicted molar refractivity (Wildman–Crippen MR) is 77.1 cm³/mol. The van der Waals surface area contributed by atoms with Gasteiger partial charge in [0.2, 0.25) is 10.4 Å². The molecule has 0 N–H and O–H groups in total. The number of hydrogen-bond acceptors (Lipinski definition) is 6. The van der Waals surface area contributed by atoms with Crippen LogP contribution in [0.5, 0.6) is 0 Å². The van der Waals surface area contributed by atoms with Crippen LogP contribution in [0, 0.1) is 5.92 Å². The second-order valence-electron chi connectivity index (χ2n) is 5.33. The molecule has 21 heavy (non-hydrogen) atoms. The van der Waals surface area contributed by atoms with E-state index in [9.17, 15) is 17.8 Å². The largest absolute Gasteiger partial charge is 0.726 e. The van der Waals surface area contributed by atoms with E-state index < -0.39 is 10.4 Å². The van der Waals surface area contributed by atoms with Crippen LogP contribution in [-0.2, 0) is 24.1 Å². The summed E-state index contributed by atoms with van der Waals surface area (Å²) in [6, 6.07) is 0. The molecule has 0 aliphatic heterocycles. The number of rotatable bonds is 11. The van der Waals surface area contributed by atoms with Crippen molar-refractivity contribution < 1.29 is 31.2 Å². The van der Waals surface area contributed by atoms with Crippen molar-refractivity contribution in [3.8, 4) is 0 Å². The van der Waals surface area contributed by atoms with Gasteiger partial charge in [0, 0.05) is 6.42 Å². The summed E-state index contributed by atoms with van der Waals surface area (Å²) < 4.78 is 41.2. The SMILES string of the molecule is CC[N+](CC)(CCCOS(=O)(=O)[O-])CCOC(=O)C(C)C. The van der Waals surface area contributed by atoms with E-state index >= 15 is 0 Å². The van der Waals surface area contributed by atoms with Gasteiger partial charge in [-0.15, -0.1) is 0 Å². The third-order valence-electron chi connectivity index (χ3n) is 3.63. The van der Waals surface area contributed by atoms with Crippen LogP contribution in [0.1, 0.15) is 34.1 Å². The zero-order valence-electron chi connectivity index (χ0n) is 13.3. The molecule has 0 saturated carbocycles. The third-order valence-corrected chi connectivity index (χ3v) is 4.08. The fourth-order valence-electron chi connectivity index (χ4n) is 2.04. The number of hydrogen-bond donors (Lipinski definition) is 0. The Morgan fingerprint density at radius 1 is 1.14 bits per heavy atom. The highest BCUT2D eigenvalue weighted by Crippen LogP contribution is 2.09. The molecule has 0 bridgehead atoms. The average molecular weight is 325 g/mol. The highest BCUT2D eigenvalue weighted by molar-refractivity contribution is 7.80. The van der Waals surface area contributed by atoms with Crippen LogP contribution in [0.15, 0.2) is 0 Å². The lowest BCUT2D eigenvalue weighted by molar-refractivity contribution is -0.925. The summed E-state index contributed by atoms with van der Waals surface area (Å²) >= 11 is 0. The topological polar surface area (TPSA) is 92.7 Å². The molecule has 0 amide bonds. The molecule has 0 fully saturated rings. The van der Waals surface area contributed by atoms with Crippen molar-refractivity contribution in [2.75, 3.05) is 39.4 Å². The van der Waals surface area contributed by atoms with E-state index in [2.05, 4.69) is 4.18 Å². The maximum Gasteiger partial charge on any atom is 0.308 e. The minimum absolute atomic E-state index is 0.113. The Morgan fingerprint density at radius 2 is 1.71 bits per heavy atom. The van der Waals surface area contributed by atoms with Crippen LogP contribution in [0.25, 0.3) is 0 Å². The summed E-state index contributed by atoms with van der Waals surface area (Å²) in [6.07, 6.45) is 0.460. The number of nitrogens with zero attached hydrogens (tertiary/aromatic N) is 1. The number of likely N-dealkylation sites (N-methyl/N-ethyl adjacent to an activating group) is 1. The normalized spacial score (nSPS) is 12.7. The second kappa shape index (κ2) is 9.34. The molecule has 8 heteroatoms. The second-order valence-corrected chi connectivity index (χ2v) is 6.38. The van der Waals surface area contributed by atoms with Gasteiger partial charge in [-0.1, -0.05) is 13.8 Å². The molecule has 0 heterocycles. The fourth-order valence-corrected chi connectivity index (χ4v) is 2.36. The van der Waals surface area contributed by atoms with Crippen molar-refractivity contribution in [2.24, 2.45) is 5.92 Å². The molecule has 0 aromatic rings. The van der Waals surface area contributed by atoms with Crippen LogP contribution in [0.3, 0.4) is 0 Å². The van der Waals surface area contributed by atoms with Crippen LogP contribution in [0.4, 0.5) is 0 Å². The Labute approximate surface area is 127 Å². The molecule has 0 aromatic carbocycles. The summed E-state index contributed by atoms with van der Waals surface area (Å²) in [7, 11) is -4.62. The maximum atomic E-state index is 11.4. The molecule has 126 valence electrons. The molecule has 0 atom stereocenters. The predicted octanol–water partition coefficient (Wildman–Crippen LogP) is 0.909. The average Bonchev–Trinajstić information content (AvgIpc) is 2.40. The third kappa shape index (κ3) is 9.02. The van der Waals surface area contributed by atoms with Crippen molar-refractivity contribution >= 4 is 16.4 Å². The fraction of sp³-hybridized carbons (Fsp3) is 0.923. The van der Waals surface area contributed by atoms with E-state index in [4.69, 9.17) is 4.74 Å². The lowest BCUT2D eigenvalue weighted by Crippen LogP contribution is -2.51. The Bertz CT molecular complexity index is 403. The number of esters is 1. The molecule has 0 aromatic heterocycles. The Morgan fingerprint density at radius 3 is 2.14 bits per heavy atom. The van der Waals surface area contributed by atoms with Gasteiger partial charge in [-0.25, -0.2) is 8.42 Å². The van der Waals surface area contributed by atoms with E-state index in [-0.39, 0.29) is 18.5 Å². The zero-order chi connectivity index (χ0) is 16.5. The lowest BCUT2D eigenvalue weighted by atomic mass is 10.2. The van der Waals surface area contributed by atoms with Gasteiger partial charge in [-0.3, -0.25) is 8.98 Å². The maximum absolute atomic E-state index is 11.4. The van der Waals surface area contributed by atoms with Gasteiger partial charge >= 0.3 is 5.97 Å². The first kappa shape index (κ1) is 20.3. The minimum atomic E-state index is -4.62. The summed E-state index contributed by atoms with van der Waals surface area (Å²) in [6.45, 7) is 10.8. The minimum Gasteiger partial charge on any atom is -0.726 e. The zero-order valence-corrected chi connectivity index (χ0v) is 14.1. The molecule has 0 spiro atoms. The molecule has 0 saturated heterocycles. The van der Waals surface area contributed by atoms with Crippen molar-refractivity contribution in [1.82, 2.24) is 0 Å². The highest BCUT2D eigenvalue weighted by Gasteiger charge is 2.23. The molecule has 0 unspecified atom stereocenters. The standard InChI is InChI=1S/C13H27NO6S/c1-5-14(6-2,8-7-10-20-21(16,17)18)9-11-19-13(15)12(3)4/h12H,5-11H2,1-4H3. The lowest BCUT2D eigenvalue weighted by Gasteiger charge is -2.36. The summed E-state index contributed by atoms with van der Waals surface area (Å²) in [5.74, 6) is -0.369. The van der Waals surface area contributed by atoms with Gasteiger partial charge in [0.25, 0.3) is 0 Å². The molecule has 0 aliphatic rings. The van der Waals surface area contributed by atoms with Gasteiger partial charge in [0.05, 0.1) is 32.2 Å². The molecular formula is C13H27NO6S. The molecule has 0 rings (SSSR count). The van der Waals surface area contributed by atoms with E-state index in [1.165, 1.54) is 0 Å². The number of carbonyl (C=O) groups is 1. The van der Waals surface area contributed by atoms with Gasteiger partial charge in [-0.05, 0) is 13.8 Å². The van der Waals surface area contributed by atoms with Crippen molar-refractivity contribution in [3.05, 3.63) is 0 Å². The van der Waals surface area contributed by atoms with E-state index in [1.807, 2.05) is 13.8 Å². The molecule has 0 radical (unpaired) electrons. The van der Waals surface area contributed by atoms with Gasteiger partial charge in [0.15, 0.2) is 0 Å².